The van der Waals surface area contributed by atoms with Gasteiger partial charge in [0.15, 0.2) is 0 Å². The van der Waals surface area contributed by atoms with Crippen molar-refractivity contribution in [3.8, 4) is 0 Å². The van der Waals surface area contributed by atoms with Crippen LogP contribution in [0.15, 0.2) is 24.3 Å². The smallest absolute Gasteiger partial charge is 0.223 e. The van der Waals surface area contributed by atoms with Gasteiger partial charge in [0, 0.05) is 30.1 Å². The summed E-state index contributed by atoms with van der Waals surface area (Å²) in [5, 5.41) is 3.98. The Balaban J connectivity index is 1.52. The van der Waals surface area contributed by atoms with E-state index >= 15 is 0 Å². The van der Waals surface area contributed by atoms with Crippen LogP contribution in [0.3, 0.4) is 0 Å². The molecule has 1 heterocycles. The van der Waals surface area contributed by atoms with Gasteiger partial charge in [0.1, 0.15) is 0 Å². The third-order valence-electron chi connectivity index (χ3n) is 4.12. The van der Waals surface area contributed by atoms with Gasteiger partial charge >= 0.3 is 0 Å². The Morgan fingerprint density at radius 1 is 1.25 bits per heavy atom. The second-order valence-corrected chi connectivity index (χ2v) is 6.42. The Bertz CT molecular complexity index is 470. The lowest BCUT2D eigenvalue weighted by Crippen LogP contribution is -2.47. The first-order valence-electron chi connectivity index (χ1n) is 7.48. The topological polar surface area (TPSA) is 32.3 Å². The van der Waals surface area contributed by atoms with Crippen molar-refractivity contribution in [2.45, 2.75) is 38.3 Å². The van der Waals surface area contributed by atoms with Gasteiger partial charge in [-0.05, 0) is 49.9 Å². The van der Waals surface area contributed by atoms with E-state index in [4.69, 9.17) is 11.6 Å². The third-order valence-corrected chi connectivity index (χ3v) is 4.37. The highest BCUT2D eigenvalue weighted by molar-refractivity contribution is 6.30. The van der Waals surface area contributed by atoms with Gasteiger partial charge in [-0.3, -0.25) is 9.69 Å². The van der Waals surface area contributed by atoms with Gasteiger partial charge in [0.25, 0.3) is 0 Å². The van der Waals surface area contributed by atoms with Crippen LogP contribution in [0.1, 0.15) is 31.2 Å². The Morgan fingerprint density at radius 3 is 2.70 bits per heavy atom. The number of nitrogens with one attached hydrogen (secondary N) is 1. The van der Waals surface area contributed by atoms with Crippen LogP contribution in [0.4, 0.5) is 0 Å². The second-order valence-electron chi connectivity index (χ2n) is 5.98. The normalized spacial score (nSPS) is 23.6. The van der Waals surface area contributed by atoms with Gasteiger partial charge in [0.2, 0.25) is 5.91 Å². The van der Waals surface area contributed by atoms with Crippen molar-refractivity contribution in [3.05, 3.63) is 34.9 Å². The van der Waals surface area contributed by atoms with Gasteiger partial charge in [0.05, 0.1) is 0 Å². The molecule has 0 unspecified atom stereocenters. The Labute approximate surface area is 125 Å². The third kappa shape index (κ3) is 3.74. The van der Waals surface area contributed by atoms with Crippen LogP contribution in [-0.4, -0.2) is 29.9 Å². The first-order valence-corrected chi connectivity index (χ1v) is 7.86. The molecule has 1 atom stereocenters. The zero-order valence-electron chi connectivity index (χ0n) is 11.6. The minimum absolute atomic E-state index is 0.267. The fraction of sp³-hybridized carbons (Fsp3) is 0.562. The minimum Gasteiger partial charge on any atom is -0.352 e. The molecule has 108 valence electrons. The highest BCUT2D eigenvalue weighted by Crippen LogP contribution is 2.29. The Kier molecular flexibility index (Phi) is 4.27. The van der Waals surface area contributed by atoms with E-state index in [1.807, 2.05) is 12.1 Å². The van der Waals surface area contributed by atoms with E-state index in [1.165, 1.54) is 5.56 Å². The number of halogens is 1. The predicted octanol–water partition coefficient (Wildman–Crippen LogP) is 2.83. The summed E-state index contributed by atoms with van der Waals surface area (Å²) in [4.78, 5) is 14.3. The van der Waals surface area contributed by atoms with E-state index in [2.05, 4.69) is 22.3 Å². The number of carbonyl (C=O) groups excluding carboxylic acids is 1. The van der Waals surface area contributed by atoms with Crippen molar-refractivity contribution in [3.63, 3.8) is 0 Å². The van der Waals surface area contributed by atoms with E-state index < -0.39 is 0 Å². The summed E-state index contributed by atoms with van der Waals surface area (Å²) in [6.45, 7) is 3.01. The summed E-state index contributed by atoms with van der Waals surface area (Å²) in [7, 11) is 0. The number of amides is 1. The van der Waals surface area contributed by atoms with Crippen LogP contribution in [-0.2, 0) is 11.3 Å². The van der Waals surface area contributed by atoms with Crippen molar-refractivity contribution in [1.29, 1.82) is 0 Å². The van der Waals surface area contributed by atoms with E-state index in [9.17, 15) is 4.79 Å². The molecule has 0 spiro atoms. The number of carbonyl (C=O) groups is 1. The monoisotopic (exact) mass is 292 g/mol. The van der Waals surface area contributed by atoms with Crippen LogP contribution >= 0.6 is 11.6 Å². The van der Waals surface area contributed by atoms with Crippen molar-refractivity contribution in [1.82, 2.24) is 10.2 Å². The second kappa shape index (κ2) is 6.15. The molecule has 2 aliphatic rings. The Hall–Kier alpha value is -1.06. The number of rotatable bonds is 4. The van der Waals surface area contributed by atoms with Crippen molar-refractivity contribution in [2.75, 3.05) is 13.1 Å². The molecule has 0 aromatic heterocycles. The van der Waals surface area contributed by atoms with Crippen LogP contribution in [0.25, 0.3) is 0 Å². The number of hydrogen-bond acceptors (Lipinski definition) is 2. The lowest BCUT2D eigenvalue weighted by atomic mass is 10.0. The lowest BCUT2D eigenvalue weighted by molar-refractivity contribution is -0.123. The summed E-state index contributed by atoms with van der Waals surface area (Å²) < 4.78 is 0. The molecule has 2 fully saturated rings. The highest BCUT2D eigenvalue weighted by Gasteiger charge is 2.31. The standard InChI is InChI=1S/C16H21ClN2O/c17-14-7-3-12(4-8-14)10-19-9-1-2-15(11-19)18-16(20)13-5-6-13/h3-4,7-8,13,15H,1-2,5-6,9-11H2,(H,18,20)/t15-/m1/s1. The van der Waals surface area contributed by atoms with Crippen LogP contribution in [0.5, 0.6) is 0 Å². The van der Waals surface area contributed by atoms with Gasteiger partial charge in [-0.1, -0.05) is 23.7 Å². The number of nitrogens with zero attached hydrogens (tertiary/aromatic N) is 1. The average molecular weight is 293 g/mol. The van der Waals surface area contributed by atoms with E-state index in [0.29, 0.717) is 12.0 Å². The molecule has 3 rings (SSSR count). The Morgan fingerprint density at radius 2 is 2.00 bits per heavy atom. The molecular formula is C16H21ClN2O. The zero-order valence-corrected chi connectivity index (χ0v) is 12.4. The number of hydrogen-bond donors (Lipinski definition) is 1. The van der Waals surface area contributed by atoms with E-state index in [1.54, 1.807) is 0 Å². The summed E-state index contributed by atoms with van der Waals surface area (Å²) in [6, 6.07) is 8.35. The van der Waals surface area contributed by atoms with Crippen molar-refractivity contribution < 1.29 is 4.79 Å². The van der Waals surface area contributed by atoms with Crippen molar-refractivity contribution in [2.24, 2.45) is 5.92 Å². The highest BCUT2D eigenvalue weighted by atomic mass is 35.5. The van der Waals surface area contributed by atoms with Gasteiger partial charge < -0.3 is 5.32 Å². The van der Waals surface area contributed by atoms with Crippen LogP contribution in [0, 0.1) is 5.92 Å². The molecule has 3 nitrogen and oxygen atoms in total. The molecule has 1 aliphatic carbocycles. The first kappa shape index (κ1) is 13.9. The maximum absolute atomic E-state index is 11.8. The molecule has 1 aromatic rings. The summed E-state index contributed by atoms with van der Waals surface area (Å²) in [5.41, 5.74) is 1.28. The fourth-order valence-electron chi connectivity index (χ4n) is 2.83. The molecule has 0 radical (unpaired) electrons. The maximum atomic E-state index is 11.8. The SMILES string of the molecule is O=C(N[C@@H]1CCCN(Cc2ccc(Cl)cc2)C1)C1CC1. The number of piperidine rings is 1. The molecule has 4 heteroatoms. The van der Waals surface area contributed by atoms with Crippen molar-refractivity contribution >= 4 is 17.5 Å². The lowest BCUT2D eigenvalue weighted by Gasteiger charge is -2.33. The fourth-order valence-corrected chi connectivity index (χ4v) is 2.96. The summed E-state index contributed by atoms with van der Waals surface area (Å²) in [5.74, 6) is 0.574. The molecule has 1 aliphatic heterocycles. The molecular weight excluding hydrogens is 272 g/mol. The van der Waals surface area contributed by atoms with Crippen LogP contribution < -0.4 is 5.32 Å². The zero-order chi connectivity index (χ0) is 13.9. The number of benzene rings is 1. The number of likely N-dealkylation sites (tertiary alicyclic amines) is 1. The molecule has 1 N–H and O–H groups in total. The van der Waals surface area contributed by atoms with Gasteiger partial charge in [-0.15, -0.1) is 0 Å². The largest absolute Gasteiger partial charge is 0.352 e. The van der Waals surface area contributed by atoms with Gasteiger partial charge in [-0.2, -0.15) is 0 Å². The van der Waals surface area contributed by atoms with E-state index in [0.717, 1.165) is 50.3 Å². The maximum Gasteiger partial charge on any atom is 0.223 e. The summed E-state index contributed by atoms with van der Waals surface area (Å²) >= 11 is 5.91. The van der Waals surface area contributed by atoms with Gasteiger partial charge in [-0.25, -0.2) is 0 Å². The molecule has 1 saturated carbocycles. The molecule has 1 amide bonds. The molecule has 0 bridgehead atoms. The molecule has 1 saturated heterocycles. The predicted molar refractivity (Wildman–Crippen MR) is 80.6 cm³/mol. The van der Waals surface area contributed by atoms with E-state index in [-0.39, 0.29) is 5.91 Å². The first-order chi connectivity index (χ1) is 9.70. The van der Waals surface area contributed by atoms with Crippen LogP contribution in [0.2, 0.25) is 5.02 Å². The minimum atomic E-state index is 0.267. The molecule has 20 heavy (non-hydrogen) atoms. The average Bonchev–Trinajstić information content (AvgIpc) is 3.26. The molecule has 1 aromatic carbocycles. The quantitative estimate of drug-likeness (QED) is 0.925. The summed E-state index contributed by atoms with van der Waals surface area (Å²) in [6.07, 6.45) is 4.42.